The largest absolute Gasteiger partial charge is 0.481 e. The molecule has 0 rings (SSSR count). The van der Waals surface area contributed by atoms with Gasteiger partial charge in [-0.15, -0.1) is 0 Å². The van der Waals surface area contributed by atoms with Crippen LogP contribution in [0.3, 0.4) is 0 Å². The minimum Gasteiger partial charge on any atom is -0.481 e. The van der Waals surface area contributed by atoms with Crippen LogP contribution < -0.4 is 16.8 Å². The molecule has 2 amide bonds. The average Bonchev–Trinajstić information content (AvgIpc) is 2.14. The van der Waals surface area contributed by atoms with Crippen molar-refractivity contribution in [2.24, 2.45) is 11.5 Å². The SMILES string of the molecule is CC(=O)[C@H](CC(=O)O)NC(=O)[C@@H](N)CC(N)=O. The molecule has 0 aliphatic carbocycles. The van der Waals surface area contributed by atoms with Gasteiger partial charge in [-0.2, -0.15) is 0 Å². The van der Waals surface area contributed by atoms with Gasteiger partial charge in [-0.3, -0.25) is 19.2 Å². The molecule has 0 bridgehead atoms. The van der Waals surface area contributed by atoms with Crippen LogP contribution in [0, 0.1) is 0 Å². The minimum atomic E-state index is -1.23. The molecule has 0 saturated heterocycles. The summed E-state index contributed by atoms with van der Waals surface area (Å²) in [6.07, 6.45) is -0.909. The monoisotopic (exact) mass is 245 g/mol. The lowest BCUT2D eigenvalue weighted by Crippen LogP contribution is -2.49. The Kier molecular flexibility index (Phi) is 5.83. The molecule has 0 spiro atoms. The highest BCUT2D eigenvalue weighted by Crippen LogP contribution is 1.96. The Bertz CT molecular complexity index is 342. The summed E-state index contributed by atoms with van der Waals surface area (Å²) in [4.78, 5) is 43.4. The van der Waals surface area contributed by atoms with E-state index in [1.54, 1.807) is 0 Å². The normalized spacial score (nSPS) is 13.5. The highest BCUT2D eigenvalue weighted by atomic mass is 16.4. The zero-order chi connectivity index (χ0) is 13.6. The molecule has 6 N–H and O–H groups in total. The van der Waals surface area contributed by atoms with E-state index in [0.717, 1.165) is 6.92 Å². The van der Waals surface area contributed by atoms with E-state index in [9.17, 15) is 19.2 Å². The van der Waals surface area contributed by atoms with Crippen molar-refractivity contribution in [1.29, 1.82) is 0 Å². The molecule has 0 aromatic rings. The van der Waals surface area contributed by atoms with E-state index < -0.39 is 42.1 Å². The van der Waals surface area contributed by atoms with E-state index in [1.165, 1.54) is 0 Å². The number of nitrogens with two attached hydrogens (primary N) is 2. The van der Waals surface area contributed by atoms with Crippen LogP contribution in [0.4, 0.5) is 0 Å². The quantitative estimate of drug-likeness (QED) is 0.397. The van der Waals surface area contributed by atoms with Crippen LogP contribution in [0.15, 0.2) is 0 Å². The zero-order valence-electron chi connectivity index (χ0n) is 9.30. The second-order valence-electron chi connectivity index (χ2n) is 3.55. The molecule has 2 atom stereocenters. The molecule has 8 heteroatoms. The third-order valence-corrected chi connectivity index (χ3v) is 1.94. The first-order valence-electron chi connectivity index (χ1n) is 4.80. The Morgan fingerprint density at radius 1 is 1.24 bits per heavy atom. The third-order valence-electron chi connectivity index (χ3n) is 1.94. The van der Waals surface area contributed by atoms with Crippen LogP contribution in [0.25, 0.3) is 0 Å². The fourth-order valence-corrected chi connectivity index (χ4v) is 1.06. The van der Waals surface area contributed by atoms with Crippen LogP contribution in [-0.2, 0) is 19.2 Å². The Labute approximate surface area is 97.3 Å². The number of Topliss-reactive ketones (excluding diaryl/α,β-unsaturated/α-hetero) is 1. The number of ketones is 1. The summed E-state index contributed by atoms with van der Waals surface area (Å²) in [5.41, 5.74) is 10.2. The van der Waals surface area contributed by atoms with Crippen molar-refractivity contribution in [3.8, 4) is 0 Å². The number of carboxylic acids is 1. The highest BCUT2D eigenvalue weighted by molar-refractivity contribution is 5.93. The maximum atomic E-state index is 11.4. The third kappa shape index (κ3) is 6.25. The highest BCUT2D eigenvalue weighted by Gasteiger charge is 2.24. The van der Waals surface area contributed by atoms with E-state index in [0.29, 0.717) is 0 Å². The van der Waals surface area contributed by atoms with E-state index >= 15 is 0 Å². The molecule has 8 nitrogen and oxygen atoms in total. The van der Waals surface area contributed by atoms with E-state index in [1.807, 2.05) is 0 Å². The van der Waals surface area contributed by atoms with Crippen LogP contribution in [-0.4, -0.2) is 40.8 Å². The van der Waals surface area contributed by atoms with Crippen LogP contribution in [0.5, 0.6) is 0 Å². The fraction of sp³-hybridized carbons (Fsp3) is 0.556. The predicted octanol–water partition coefficient (Wildman–Crippen LogP) is -2.26. The summed E-state index contributed by atoms with van der Waals surface area (Å²) < 4.78 is 0. The van der Waals surface area contributed by atoms with Crippen molar-refractivity contribution >= 4 is 23.6 Å². The summed E-state index contributed by atoms with van der Waals surface area (Å²) in [5.74, 6) is -3.28. The first-order valence-corrected chi connectivity index (χ1v) is 4.80. The van der Waals surface area contributed by atoms with Crippen molar-refractivity contribution in [2.45, 2.75) is 31.8 Å². The van der Waals surface area contributed by atoms with Gasteiger partial charge in [-0.1, -0.05) is 0 Å². The predicted molar refractivity (Wildman–Crippen MR) is 56.7 cm³/mol. The Hall–Kier alpha value is -1.96. The molecule has 96 valence electrons. The molecular formula is C9H15N3O5. The molecule has 0 saturated carbocycles. The molecule has 0 fully saturated rings. The van der Waals surface area contributed by atoms with E-state index in [2.05, 4.69) is 5.32 Å². The van der Waals surface area contributed by atoms with Gasteiger partial charge in [0.2, 0.25) is 11.8 Å². The fourth-order valence-electron chi connectivity index (χ4n) is 1.06. The maximum Gasteiger partial charge on any atom is 0.305 e. The summed E-state index contributed by atoms with van der Waals surface area (Å²) in [5, 5.41) is 10.7. The molecule has 0 aromatic heterocycles. The topological polar surface area (TPSA) is 153 Å². The van der Waals surface area contributed by atoms with Crippen LogP contribution in [0.1, 0.15) is 19.8 Å². The number of carbonyl (C=O) groups is 4. The van der Waals surface area contributed by atoms with Gasteiger partial charge < -0.3 is 21.9 Å². The number of aliphatic carboxylic acids is 1. The average molecular weight is 245 g/mol. The number of nitrogens with one attached hydrogen (secondary N) is 1. The van der Waals surface area contributed by atoms with E-state index in [4.69, 9.17) is 16.6 Å². The van der Waals surface area contributed by atoms with Gasteiger partial charge >= 0.3 is 5.97 Å². The second kappa shape index (κ2) is 6.59. The Morgan fingerprint density at radius 3 is 2.12 bits per heavy atom. The van der Waals surface area contributed by atoms with Gasteiger partial charge in [-0.05, 0) is 6.92 Å². The second-order valence-corrected chi connectivity index (χ2v) is 3.55. The number of carbonyl (C=O) groups excluding carboxylic acids is 3. The van der Waals surface area contributed by atoms with Crippen LogP contribution in [0.2, 0.25) is 0 Å². The van der Waals surface area contributed by atoms with Gasteiger partial charge in [0, 0.05) is 0 Å². The number of hydrogen-bond acceptors (Lipinski definition) is 5. The van der Waals surface area contributed by atoms with Crippen molar-refractivity contribution < 1.29 is 24.3 Å². The van der Waals surface area contributed by atoms with Gasteiger partial charge in [0.05, 0.1) is 24.9 Å². The number of hydrogen-bond donors (Lipinski definition) is 4. The first-order chi connectivity index (χ1) is 7.73. The van der Waals surface area contributed by atoms with E-state index in [-0.39, 0.29) is 6.42 Å². The van der Waals surface area contributed by atoms with Gasteiger partial charge in [0.1, 0.15) is 0 Å². The van der Waals surface area contributed by atoms with Crippen molar-refractivity contribution in [3.63, 3.8) is 0 Å². The summed E-state index contributed by atoms with van der Waals surface area (Å²) in [7, 11) is 0. The number of carboxylic acid groups (broad SMARTS) is 1. The standard InChI is InChI=1S/C9H15N3O5/c1-4(13)6(3-8(15)16)12-9(17)5(10)2-7(11)14/h5-6H,2-3,10H2,1H3,(H2,11,14)(H,12,17)(H,15,16)/t5-,6-/m0/s1. The molecule has 0 heterocycles. The van der Waals surface area contributed by atoms with Gasteiger partial charge in [0.15, 0.2) is 5.78 Å². The smallest absolute Gasteiger partial charge is 0.305 e. The Morgan fingerprint density at radius 2 is 1.76 bits per heavy atom. The van der Waals surface area contributed by atoms with Gasteiger partial charge in [0.25, 0.3) is 0 Å². The summed E-state index contributed by atoms with van der Waals surface area (Å²) in [6.45, 7) is 1.15. The minimum absolute atomic E-state index is 0.371. The lowest BCUT2D eigenvalue weighted by molar-refractivity contribution is -0.140. The Balaban J connectivity index is 4.44. The van der Waals surface area contributed by atoms with Crippen molar-refractivity contribution in [1.82, 2.24) is 5.32 Å². The zero-order valence-corrected chi connectivity index (χ0v) is 9.30. The van der Waals surface area contributed by atoms with Gasteiger partial charge in [-0.25, -0.2) is 0 Å². The lowest BCUT2D eigenvalue weighted by atomic mass is 10.1. The molecule has 0 aliphatic rings. The van der Waals surface area contributed by atoms with Crippen LogP contribution >= 0.6 is 0 Å². The molecule has 17 heavy (non-hydrogen) atoms. The first kappa shape index (κ1) is 15.0. The molecule has 0 aliphatic heterocycles. The molecule has 0 unspecified atom stereocenters. The maximum absolute atomic E-state index is 11.4. The molecular weight excluding hydrogens is 230 g/mol. The molecule has 0 aromatic carbocycles. The van der Waals surface area contributed by atoms with Crippen molar-refractivity contribution in [3.05, 3.63) is 0 Å². The number of rotatable bonds is 7. The van der Waals surface area contributed by atoms with Crippen molar-refractivity contribution in [2.75, 3.05) is 0 Å². The number of amides is 2. The lowest BCUT2D eigenvalue weighted by Gasteiger charge is -2.16. The summed E-state index contributed by atoms with van der Waals surface area (Å²) >= 11 is 0. The molecule has 0 radical (unpaired) electrons. The summed E-state index contributed by atoms with van der Waals surface area (Å²) in [6, 6.07) is -2.35. The number of primary amides is 1.